The van der Waals surface area contributed by atoms with Crippen molar-refractivity contribution in [3.05, 3.63) is 0 Å². The normalized spacial score (nSPS) is 21.5. The highest BCUT2D eigenvalue weighted by molar-refractivity contribution is 5.82. The van der Waals surface area contributed by atoms with Crippen LogP contribution in [0.15, 0.2) is 4.99 Å². The molecule has 0 aromatic heterocycles. The molecule has 1 aliphatic carbocycles. The minimum atomic E-state index is 0.307. The van der Waals surface area contributed by atoms with Gasteiger partial charge in [-0.3, -0.25) is 4.99 Å². The van der Waals surface area contributed by atoms with Crippen LogP contribution in [0.4, 0.5) is 0 Å². The topological polar surface area (TPSA) is 50.4 Å². The third kappa shape index (κ3) is 5.38. The van der Waals surface area contributed by atoms with Gasteiger partial charge in [0.2, 0.25) is 0 Å². The van der Waals surface area contributed by atoms with E-state index < -0.39 is 0 Å². The molecule has 0 heterocycles. The van der Waals surface area contributed by atoms with Crippen LogP contribution in [0.1, 0.15) is 72.6 Å². The quantitative estimate of drug-likeness (QED) is 0.265. The lowest BCUT2D eigenvalue weighted by Gasteiger charge is -2.28. The fourth-order valence-corrected chi connectivity index (χ4v) is 2.35. The summed E-state index contributed by atoms with van der Waals surface area (Å²) in [6, 6.07) is 0.491. The van der Waals surface area contributed by atoms with Crippen LogP contribution in [0.3, 0.4) is 0 Å². The van der Waals surface area contributed by atoms with E-state index in [1.165, 1.54) is 38.5 Å². The smallest absolute Gasteiger partial charge is 0.111 e. The Bertz CT molecular complexity index is 257. The van der Waals surface area contributed by atoms with Crippen LogP contribution in [0, 0.1) is 11.3 Å². The first-order chi connectivity index (χ1) is 8.43. The molecule has 0 aromatic carbocycles. The number of aliphatic imine (C=N–C) groups is 1. The van der Waals surface area contributed by atoms with Gasteiger partial charge in [-0.2, -0.15) is 0 Å². The number of amidine groups is 1. The second-order valence-corrected chi connectivity index (χ2v) is 6.84. The average molecular weight is 253 g/mol. The maximum absolute atomic E-state index is 5.64. The van der Waals surface area contributed by atoms with Crippen molar-refractivity contribution in [1.29, 1.82) is 0 Å². The summed E-state index contributed by atoms with van der Waals surface area (Å²) in [4.78, 5) is 4.85. The zero-order chi connectivity index (χ0) is 13.6. The van der Waals surface area contributed by atoms with Gasteiger partial charge < -0.3 is 5.43 Å². The molecule has 3 heteroatoms. The number of hydrazine groups is 1. The predicted molar refractivity (Wildman–Crippen MR) is 79.5 cm³/mol. The molecule has 3 nitrogen and oxygen atoms in total. The van der Waals surface area contributed by atoms with Crippen molar-refractivity contribution in [3.63, 3.8) is 0 Å². The van der Waals surface area contributed by atoms with Gasteiger partial charge in [-0.25, -0.2) is 5.84 Å². The van der Waals surface area contributed by atoms with Crippen molar-refractivity contribution < 1.29 is 0 Å². The second kappa shape index (κ2) is 7.13. The largest absolute Gasteiger partial charge is 0.312 e. The predicted octanol–water partition coefficient (Wildman–Crippen LogP) is 3.64. The van der Waals surface area contributed by atoms with Crippen LogP contribution >= 0.6 is 0 Å². The van der Waals surface area contributed by atoms with Crippen LogP contribution in [0.25, 0.3) is 0 Å². The fraction of sp³-hybridized carbons (Fsp3) is 0.933. The molecule has 1 aliphatic rings. The molecule has 0 bridgehead atoms. The first kappa shape index (κ1) is 15.5. The van der Waals surface area contributed by atoms with Crippen molar-refractivity contribution in [2.75, 3.05) is 0 Å². The van der Waals surface area contributed by atoms with Crippen LogP contribution in [0.2, 0.25) is 0 Å². The van der Waals surface area contributed by atoms with Gasteiger partial charge in [-0.05, 0) is 24.2 Å². The minimum absolute atomic E-state index is 0.307. The second-order valence-electron chi connectivity index (χ2n) is 6.84. The highest BCUT2D eigenvalue weighted by Gasteiger charge is 2.22. The van der Waals surface area contributed by atoms with Crippen molar-refractivity contribution in [3.8, 4) is 0 Å². The van der Waals surface area contributed by atoms with Crippen LogP contribution in [0.5, 0.6) is 0 Å². The van der Waals surface area contributed by atoms with E-state index in [9.17, 15) is 0 Å². The third-order valence-corrected chi connectivity index (χ3v) is 4.31. The van der Waals surface area contributed by atoms with Gasteiger partial charge >= 0.3 is 0 Å². The summed E-state index contributed by atoms with van der Waals surface area (Å²) in [5.74, 6) is 7.21. The van der Waals surface area contributed by atoms with Gasteiger partial charge in [-0.1, -0.05) is 53.4 Å². The van der Waals surface area contributed by atoms with Crippen LogP contribution in [-0.2, 0) is 0 Å². The Balaban J connectivity index is 2.58. The van der Waals surface area contributed by atoms with E-state index in [1.54, 1.807) is 0 Å². The molecular formula is C15H31N3. The van der Waals surface area contributed by atoms with Gasteiger partial charge in [0.1, 0.15) is 5.84 Å². The van der Waals surface area contributed by atoms with Crippen molar-refractivity contribution in [2.24, 2.45) is 22.2 Å². The molecule has 1 fully saturated rings. The van der Waals surface area contributed by atoms with E-state index in [0.717, 1.165) is 12.3 Å². The molecule has 1 unspecified atom stereocenters. The Morgan fingerprint density at radius 1 is 1.22 bits per heavy atom. The van der Waals surface area contributed by atoms with E-state index in [-0.39, 0.29) is 0 Å². The lowest BCUT2D eigenvalue weighted by atomic mass is 9.80. The summed E-state index contributed by atoms with van der Waals surface area (Å²) in [6.07, 6.45) is 8.80. The van der Waals surface area contributed by atoms with Crippen LogP contribution in [-0.4, -0.2) is 11.9 Å². The van der Waals surface area contributed by atoms with E-state index in [4.69, 9.17) is 10.8 Å². The molecule has 0 saturated heterocycles. The monoisotopic (exact) mass is 253 g/mol. The van der Waals surface area contributed by atoms with Crippen molar-refractivity contribution in [1.82, 2.24) is 5.43 Å². The Kier molecular flexibility index (Phi) is 6.13. The Morgan fingerprint density at radius 3 is 2.22 bits per heavy atom. The molecule has 1 rings (SSSR count). The Labute approximate surface area is 113 Å². The Hall–Kier alpha value is -0.570. The fourth-order valence-electron chi connectivity index (χ4n) is 2.35. The maximum atomic E-state index is 5.64. The molecule has 0 amide bonds. The van der Waals surface area contributed by atoms with E-state index in [1.807, 2.05) is 0 Å². The number of nitrogens with zero attached hydrogens (tertiary/aromatic N) is 1. The number of hydrogen-bond donors (Lipinski definition) is 2. The zero-order valence-electron chi connectivity index (χ0n) is 12.6. The summed E-state index contributed by atoms with van der Waals surface area (Å²) in [7, 11) is 0. The zero-order valence-corrected chi connectivity index (χ0v) is 12.6. The summed E-state index contributed by atoms with van der Waals surface area (Å²) in [5, 5.41) is 0. The van der Waals surface area contributed by atoms with Crippen molar-refractivity contribution in [2.45, 2.75) is 78.7 Å². The number of nitrogens with one attached hydrogen (secondary N) is 1. The summed E-state index contributed by atoms with van der Waals surface area (Å²) in [5.41, 5.74) is 3.13. The summed E-state index contributed by atoms with van der Waals surface area (Å²) < 4.78 is 0. The standard InChI is InChI=1S/C15H31N3/c1-12(15(2,3)4)11-14(18-16)17-13-9-7-5-6-8-10-13/h12-13H,5-11,16H2,1-4H3,(H,17,18). The van der Waals surface area contributed by atoms with Gasteiger partial charge in [-0.15, -0.1) is 0 Å². The molecule has 0 aromatic rings. The maximum Gasteiger partial charge on any atom is 0.111 e. The molecular weight excluding hydrogens is 222 g/mol. The number of nitrogens with two attached hydrogens (primary N) is 1. The van der Waals surface area contributed by atoms with Crippen molar-refractivity contribution >= 4 is 5.84 Å². The molecule has 18 heavy (non-hydrogen) atoms. The van der Waals surface area contributed by atoms with E-state index >= 15 is 0 Å². The molecule has 0 spiro atoms. The third-order valence-electron chi connectivity index (χ3n) is 4.31. The van der Waals surface area contributed by atoms with Crippen LogP contribution < -0.4 is 11.3 Å². The highest BCUT2D eigenvalue weighted by atomic mass is 15.3. The number of rotatable bonds is 3. The first-order valence-electron chi connectivity index (χ1n) is 7.46. The Morgan fingerprint density at radius 2 is 1.78 bits per heavy atom. The lowest BCUT2D eigenvalue weighted by molar-refractivity contribution is 0.267. The van der Waals surface area contributed by atoms with Gasteiger partial charge in [0, 0.05) is 6.42 Å². The molecule has 106 valence electrons. The lowest BCUT2D eigenvalue weighted by Crippen LogP contribution is -2.35. The highest BCUT2D eigenvalue weighted by Crippen LogP contribution is 2.28. The van der Waals surface area contributed by atoms with Gasteiger partial charge in [0.25, 0.3) is 0 Å². The SMILES string of the molecule is CC(CC(=NC1CCCCCC1)NN)C(C)(C)C. The molecule has 0 radical (unpaired) electrons. The van der Waals surface area contributed by atoms with Gasteiger partial charge in [0.15, 0.2) is 0 Å². The molecule has 1 saturated carbocycles. The molecule has 1 atom stereocenters. The molecule has 3 N–H and O–H groups in total. The summed E-state index contributed by atoms with van der Waals surface area (Å²) in [6.45, 7) is 9.10. The van der Waals surface area contributed by atoms with Gasteiger partial charge in [0.05, 0.1) is 6.04 Å². The number of hydrogen-bond acceptors (Lipinski definition) is 2. The summed E-state index contributed by atoms with van der Waals surface area (Å²) >= 11 is 0. The van der Waals surface area contributed by atoms with E-state index in [2.05, 4.69) is 33.1 Å². The first-order valence-corrected chi connectivity index (χ1v) is 7.46. The average Bonchev–Trinajstić information content (AvgIpc) is 2.55. The van der Waals surface area contributed by atoms with E-state index in [0.29, 0.717) is 17.4 Å². The minimum Gasteiger partial charge on any atom is -0.312 e. The molecule has 0 aliphatic heterocycles.